The van der Waals surface area contributed by atoms with Crippen molar-refractivity contribution in [2.45, 2.75) is 13.5 Å². The highest BCUT2D eigenvalue weighted by Crippen LogP contribution is 2.20. The van der Waals surface area contributed by atoms with Gasteiger partial charge in [-0.2, -0.15) is 0 Å². The number of aromatic nitrogens is 1. The zero-order chi connectivity index (χ0) is 16.9. The number of nitrogens with two attached hydrogens (primary N) is 1. The van der Waals surface area contributed by atoms with E-state index in [-0.39, 0.29) is 36.6 Å². The van der Waals surface area contributed by atoms with E-state index in [1.807, 2.05) is 42.2 Å². The SMILES string of the molecule is CC(CN)C(=O)N1CCN(Cc2ncc(-c3ccccc3)o2)CC1.Cl.Cl. The van der Waals surface area contributed by atoms with Gasteiger partial charge in [-0.25, -0.2) is 4.98 Å². The average molecular weight is 401 g/mol. The minimum absolute atomic E-state index is 0. The van der Waals surface area contributed by atoms with Crippen molar-refractivity contribution < 1.29 is 9.21 Å². The van der Waals surface area contributed by atoms with Crippen LogP contribution < -0.4 is 5.73 Å². The molecule has 0 radical (unpaired) electrons. The monoisotopic (exact) mass is 400 g/mol. The number of piperazine rings is 1. The van der Waals surface area contributed by atoms with Gasteiger partial charge in [0, 0.05) is 44.2 Å². The molecule has 1 aliphatic rings. The zero-order valence-corrected chi connectivity index (χ0v) is 16.5. The van der Waals surface area contributed by atoms with E-state index in [0.29, 0.717) is 19.0 Å². The maximum absolute atomic E-state index is 12.2. The molecule has 1 atom stereocenters. The second kappa shape index (κ2) is 10.5. The van der Waals surface area contributed by atoms with Gasteiger partial charge in [-0.05, 0) is 0 Å². The number of benzene rings is 1. The van der Waals surface area contributed by atoms with Crippen LogP contribution in [0.15, 0.2) is 40.9 Å². The molecule has 2 aromatic rings. The Labute approximate surface area is 166 Å². The minimum Gasteiger partial charge on any atom is -0.439 e. The lowest BCUT2D eigenvalue weighted by molar-refractivity contribution is -0.136. The van der Waals surface area contributed by atoms with E-state index in [9.17, 15) is 4.79 Å². The molecule has 1 fully saturated rings. The molecule has 0 spiro atoms. The van der Waals surface area contributed by atoms with Crippen LogP contribution in [0.1, 0.15) is 12.8 Å². The van der Waals surface area contributed by atoms with Gasteiger partial charge in [-0.15, -0.1) is 24.8 Å². The third-order valence-corrected chi connectivity index (χ3v) is 4.43. The van der Waals surface area contributed by atoms with E-state index in [4.69, 9.17) is 10.2 Å². The Morgan fingerprint density at radius 2 is 1.85 bits per heavy atom. The summed E-state index contributed by atoms with van der Waals surface area (Å²) in [6, 6.07) is 9.96. The van der Waals surface area contributed by atoms with Crippen LogP contribution in [0.4, 0.5) is 0 Å². The van der Waals surface area contributed by atoms with E-state index >= 15 is 0 Å². The summed E-state index contributed by atoms with van der Waals surface area (Å²) in [6.07, 6.45) is 1.77. The van der Waals surface area contributed by atoms with Gasteiger partial charge in [0.2, 0.25) is 11.8 Å². The minimum atomic E-state index is -0.100. The molecule has 0 saturated carbocycles. The number of carbonyl (C=O) groups excluding carboxylic acids is 1. The quantitative estimate of drug-likeness (QED) is 0.833. The molecule has 2 N–H and O–H groups in total. The van der Waals surface area contributed by atoms with Crippen LogP contribution in [0.5, 0.6) is 0 Å². The van der Waals surface area contributed by atoms with Crippen molar-refractivity contribution in [3.8, 4) is 11.3 Å². The Hall–Kier alpha value is -1.60. The Morgan fingerprint density at radius 1 is 1.19 bits per heavy atom. The van der Waals surface area contributed by atoms with Crippen molar-refractivity contribution in [3.05, 3.63) is 42.4 Å². The zero-order valence-electron chi connectivity index (χ0n) is 14.8. The molecule has 1 unspecified atom stereocenters. The first kappa shape index (κ1) is 22.4. The molecule has 8 heteroatoms. The molecule has 0 bridgehead atoms. The molecule has 2 heterocycles. The van der Waals surface area contributed by atoms with Crippen LogP contribution in [-0.4, -0.2) is 53.4 Å². The van der Waals surface area contributed by atoms with Crippen LogP contribution in [0.25, 0.3) is 11.3 Å². The number of nitrogens with zero attached hydrogens (tertiary/aromatic N) is 3. The van der Waals surface area contributed by atoms with Crippen LogP contribution in [-0.2, 0) is 11.3 Å². The molecule has 0 aliphatic carbocycles. The molecule has 1 aliphatic heterocycles. The Kier molecular flexibility index (Phi) is 9.08. The van der Waals surface area contributed by atoms with Gasteiger partial charge in [0.05, 0.1) is 12.7 Å². The maximum atomic E-state index is 12.2. The first-order valence-corrected chi connectivity index (χ1v) is 8.38. The van der Waals surface area contributed by atoms with Gasteiger partial charge in [-0.3, -0.25) is 9.69 Å². The first-order chi connectivity index (χ1) is 11.7. The number of oxazole rings is 1. The molecule has 1 aromatic heterocycles. The summed E-state index contributed by atoms with van der Waals surface area (Å²) < 4.78 is 5.85. The van der Waals surface area contributed by atoms with Crippen molar-refractivity contribution in [2.24, 2.45) is 11.7 Å². The summed E-state index contributed by atoms with van der Waals surface area (Å²) in [5.41, 5.74) is 6.61. The van der Waals surface area contributed by atoms with Crippen LogP contribution in [0.2, 0.25) is 0 Å². The third kappa shape index (κ3) is 5.45. The highest BCUT2D eigenvalue weighted by Gasteiger charge is 2.24. The summed E-state index contributed by atoms with van der Waals surface area (Å²) in [6.45, 7) is 6.06. The van der Waals surface area contributed by atoms with Crippen LogP contribution >= 0.6 is 24.8 Å². The van der Waals surface area contributed by atoms with E-state index in [2.05, 4.69) is 9.88 Å². The molecule has 144 valence electrons. The molecule has 1 amide bonds. The Bertz CT molecular complexity index is 673. The maximum Gasteiger partial charge on any atom is 0.226 e. The highest BCUT2D eigenvalue weighted by molar-refractivity contribution is 5.85. The van der Waals surface area contributed by atoms with E-state index < -0.39 is 0 Å². The number of hydrogen-bond donors (Lipinski definition) is 1. The predicted molar refractivity (Wildman–Crippen MR) is 107 cm³/mol. The first-order valence-electron chi connectivity index (χ1n) is 8.38. The van der Waals surface area contributed by atoms with E-state index in [0.717, 1.165) is 37.5 Å². The lowest BCUT2D eigenvalue weighted by Gasteiger charge is -2.35. The highest BCUT2D eigenvalue weighted by atomic mass is 35.5. The van der Waals surface area contributed by atoms with E-state index in [1.165, 1.54) is 0 Å². The Morgan fingerprint density at radius 3 is 2.46 bits per heavy atom. The fraction of sp³-hybridized carbons (Fsp3) is 0.444. The summed E-state index contributed by atoms with van der Waals surface area (Å²) in [4.78, 5) is 20.7. The van der Waals surface area contributed by atoms with Crippen molar-refractivity contribution in [1.29, 1.82) is 0 Å². The average Bonchev–Trinajstić information content (AvgIpc) is 3.10. The van der Waals surface area contributed by atoms with Crippen molar-refractivity contribution in [3.63, 3.8) is 0 Å². The number of hydrogen-bond acceptors (Lipinski definition) is 5. The standard InChI is InChI=1S/C18H24N4O2.2ClH/c1-14(11-19)18(23)22-9-7-21(8-10-22)13-17-20-12-16(24-17)15-5-3-2-4-6-15;;/h2-6,12,14H,7-11,13,19H2,1H3;2*1H. The fourth-order valence-electron chi connectivity index (χ4n) is 2.85. The fourth-order valence-corrected chi connectivity index (χ4v) is 2.85. The number of carbonyl (C=O) groups is 1. The van der Waals surface area contributed by atoms with Crippen LogP contribution in [0, 0.1) is 5.92 Å². The lowest BCUT2D eigenvalue weighted by atomic mass is 10.1. The molecule has 6 nitrogen and oxygen atoms in total. The van der Waals surface area contributed by atoms with Crippen molar-refractivity contribution in [2.75, 3.05) is 32.7 Å². The summed E-state index contributed by atoms with van der Waals surface area (Å²) >= 11 is 0. The molecule has 26 heavy (non-hydrogen) atoms. The second-order valence-electron chi connectivity index (χ2n) is 6.22. The van der Waals surface area contributed by atoms with Gasteiger partial charge in [0.1, 0.15) is 0 Å². The summed E-state index contributed by atoms with van der Waals surface area (Å²) in [5, 5.41) is 0. The number of halogens is 2. The predicted octanol–water partition coefficient (Wildman–Crippen LogP) is 2.42. The Balaban J connectivity index is 0.00000169. The molecular formula is C18H26Cl2N4O2. The van der Waals surface area contributed by atoms with Crippen molar-refractivity contribution >= 4 is 30.7 Å². The van der Waals surface area contributed by atoms with Gasteiger partial charge in [0.25, 0.3) is 0 Å². The van der Waals surface area contributed by atoms with Gasteiger partial charge < -0.3 is 15.1 Å². The van der Waals surface area contributed by atoms with Gasteiger partial charge in [-0.1, -0.05) is 37.3 Å². The summed E-state index contributed by atoms with van der Waals surface area (Å²) in [5.74, 6) is 1.55. The second-order valence-corrected chi connectivity index (χ2v) is 6.22. The van der Waals surface area contributed by atoms with Gasteiger partial charge in [0.15, 0.2) is 5.76 Å². The molecule has 1 aromatic carbocycles. The summed E-state index contributed by atoms with van der Waals surface area (Å²) in [7, 11) is 0. The molecular weight excluding hydrogens is 375 g/mol. The largest absolute Gasteiger partial charge is 0.439 e. The third-order valence-electron chi connectivity index (χ3n) is 4.43. The number of rotatable bonds is 5. The number of amides is 1. The van der Waals surface area contributed by atoms with E-state index in [1.54, 1.807) is 6.20 Å². The van der Waals surface area contributed by atoms with Gasteiger partial charge >= 0.3 is 0 Å². The molecule has 3 rings (SSSR count). The topological polar surface area (TPSA) is 75.6 Å². The smallest absolute Gasteiger partial charge is 0.226 e. The van der Waals surface area contributed by atoms with Crippen LogP contribution in [0.3, 0.4) is 0 Å². The van der Waals surface area contributed by atoms with Crippen molar-refractivity contribution in [1.82, 2.24) is 14.8 Å². The molecule has 1 saturated heterocycles. The lowest BCUT2D eigenvalue weighted by Crippen LogP contribution is -2.50. The normalized spacial score (nSPS) is 15.7.